The average molecular weight is 183 g/mol. The van der Waals surface area contributed by atoms with Gasteiger partial charge >= 0.3 is 5.97 Å². The smallest absolute Gasteiger partial charge is 0.374 e. The first-order valence-electron chi connectivity index (χ1n) is 4.02. The Labute approximate surface area is 76.1 Å². The Hall–Kier alpha value is -1.45. The van der Waals surface area contributed by atoms with E-state index in [1.807, 2.05) is 13.8 Å². The molecule has 1 rings (SSSR count). The van der Waals surface area contributed by atoms with E-state index < -0.39 is 5.97 Å². The molecule has 1 heterocycles. The lowest BCUT2D eigenvalue weighted by Crippen LogP contribution is -2.09. The van der Waals surface area contributed by atoms with Crippen LogP contribution in [0, 0.1) is 5.92 Å². The summed E-state index contributed by atoms with van der Waals surface area (Å²) in [5, 5.41) is 10.6. The number of hydrogen-bond acceptors (Lipinski definition) is 3. The molecule has 13 heavy (non-hydrogen) atoms. The normalized spacial score (nSPS) is 10.4. The van der Waals surface area contributed by atoms with E-state index in [1.54, 1.807) is 0 Å². The topological polar surface area (TPSA) is 59.3 Å². The Kier molecular flexibility index (Phi) is 2.95. The Morgan fingerprint density at radius 2 is 2.31 bits per heavy atom. The van der Waals surface area contributed by atoms with Gasteiger partial charge in [-0.25, -0.2) is 4.79 Å². The first kappa shape index (κ1) is 9.64. The fourth-order valence-corrected chi connectivity index (χ4v) is 0.739. The highest BCUT2D eigenvalue weighted by Gasteiger charge is 2.13. The molecule has 0 aliphatic rings. The van der Waals surface area contributed by atoms with E-state index in [9.17, 15) is 9.90 Å². The highest BCUT2D eigenvalue weighted by molar-refractivity contribution is 5.86. The van der Waals surface area contributed by atoms with E-state index >= 15 is 0 Å². The molecule has 0 fully saturated rings. The molecule has 1 aromatic rings. The molecule has 0 atom stereocenters. The van der Waals surface area contributed by atoms with E-state index in [-0.39, 0.29) is 17.4 Å². The van der Waals surface area contributed by atoms with Gasteiger partial charge in [-0.05, 0) is 5.92 Å². The van der Waals surface area contributed by atoms with Crippen LogP contribution in [0.15, 0.2) is 16.7 Å². The van der Waals surface area contributed by atoms with Crippen LogP contribution in [0.5, 0.6) is 5.75 Å². The van der Waals surface area contributed by atoms with Crippen LogP contribution in [-0.4, -0.2) is 12.6 Å². The van der Waals surface area contributed by atoms with Crippen LogP contribution in [-0.2, 0) is 9.84 Å². The van der Waals surface area contributed by atoms with Gasteiger partial charge in [-0.1, -0.05) is 13.8 Å². The molecule has 0 aliphatic carbocycles. The van der Waals surface area contributed by atoms with E-state index in [2.05, 4.69) is 4.42 Å². The number of furan rings is 1. The minimum Gasteiger partial charge on any atom is -0.460 e. The predicted octanol–water partition coefficient (Wildman–Crippen LogP) is 2.24. The van der Waals surface area contributed by atoms with Crippen molar-refractivity contribution in [2.75, 3.05) is 6.61 Å². The third-order valence-electron chi connectivity index (χ3n) is 1.32. The quantitative estimate of drug-likeness (QED) is 0.675. The molecule has 0 unspecified atom stereocenters. The zero-order valence-corrected chi connectivity index (χ0v) is 7.57. The molecular formula is C9H11O4. The van der Waals surface area contributed by atoms with Crippen molar-refractivity contribution >= 4 is 5.97 Å². The zero-order valence-electron chi connectivity index (χ0n) is 7.57. The lowest BCUT2D eigenvalue weighted by Gasteiger charge is -2.04. The van der Waals surface area contributed by atoms with Crippen molar-refractivity contribution in [2.24, 2.45) is 5.92 Å². The SMILES string of the molecule is CC(C)COC(=O)c1cc([O])co1. The molecular weight excluding hydrogens is 172 g/mol. The second-order valence-corrected chi connectivity index (χ2v) is 3.14. The van der Waals surface area contributed by atoms with Crippen LogP contribution in [0.25, 0.3) is 0 Å². The van der Waals surface area contributed by atoms with Crippen LogP contribution < -0.4 is 0 Å². The van der Waals surface area contributed by atoms with E-state index in [4.69, 9.17) is 4.74 Å². The Bertz CT molecular complexity index is 288. The standard InChI is InChI=1S/C9H11O4/c1-6(2)4-13-9(11)8-3-7(10)5-12-8/h3,5-6H,4H2,1-2H3. The van der Waals surface area contributed by atoms with Crippen molar-refractivity contribution < 1.29 is 19.1 Å². The first-order chi connectivity index (χ1) is 6.09. The first-order valence-corrected chi connectivity index (χ1v) is 4.02. The molecule has 0 spiro atoms. The van der Waals surface area contributed by atoms with Gasteiger partial charge in [0.1, 0.15) is 6.26 Å². The number of carbonyl (C=O) groups is 1. The third-order valence-corrected chi connectivity index (χ3v) is 1.32. The maximum atomic E-state index is 11.1. The van der Waals surface area contributed by atoms with Gasteiger partial charge < -0.3 is 9.15 Å². The number of hydrogen-bond donors (Lipinski definition) is 0. The summed E-state index contributed by atoms with van der Waals surface area (Å²) in [4.78, 5) is 11.1. The summed E-state index contributed by atoms with van der Waals surface area (Å²) in [5.41, 5.74) is 0. The van der Waals surface area contributed by atoms with E-state index in [0.29, 0.717) is 6.61 Å². The van der Waals surface area contributed by atoms with Crippen molar-refractivity contribution in [3.8, 4) is 5.75 Å². The monoisotopic (exact) mass is 183 g/mol. The van der Waals surface area contributed by atoms with Gasteiger partial charge in [0.15, 0.2) is 0 Å². The van der Waals surface area contributed by atoms with Crippen LogP contribution in [0.3, 0.4) is 0 Å². The second-order valence-electron chi connectivity index (χ2n) is 3.14. The van der Waals surface area contributed by atoms with Gasteiger partial charge in [0.05, 0.1) is 6.61 Å². The summed E-state index contributed by atoms with van der Waals surface area (Å²) in [6.07, 6.45) is 0.978. The fourth-order valence-electron chi connectivity index (χ4n) is 0.739. The van der Waals surface area contributed by atoms with Crippen LogP contribution in [0.2, 0.25) is 0 Å². The summed E-state index contributed by atoms with van der Waals surface area (Å²) in [6, 6.07) is 1.11. The van der Waals surface area contributed by atoms with Crippen molar-refractivity contribution in [3.63, 3.8) is 0 Å². The molecule has 4 nitrogen and oxygen atoms in total. The lowest BCUT2D eigenvalue weighted by atomic mass is 10.2. The molecule has 1 aromatic heterocycles. The van der Waals surface area contributed by atoms with E-state index in [0.717, 1.165) is 12.3 Å². The zero-order chi connectivity index (χ0) is 9.84. The third kappa shape index (κ3) is 2.82. The molecule has 0 aromatic carbocycles. The highest BCUT2D eigenvalue weighted by Crippen LogP contribution is 2.15. The average Bonchev–Trinajstić information content (AvgIpc) is 2.47. The Balaban J connectivity index is 2.49. The Morgan fingerprint density at radius 3 is 2.77 bits per heavy atom. The van der Waals surface area contributed by atoms with E-state index in [1.165, 1.54) is 0 Å². The maximum Gasteiger partial charge on any atom is 0.374 e. The highest BCUT2D eigenvalue weighted by atomic mass is 16.5. The van der Waals surface area contributed by atoms with Crippen molar-refractivity contribution in [2.45, 2.75) is 13.8 Å². The maximum absolute atomic E-state index is 11.1. The summed E-state index contributed by atoms with van der Waals surface area (Å²) in [5.74, 6) is -0.677. The molecule has 0 saturated heterocycles. The van der Waals surface area contributed by atoms with Crippen molar-refractivity contribution in [1.29, 1.82) is 0 Å². The van der Waals surface area contributed by atoms with Gasteiger partial charge in [-0.15, -0.1) is 0 Å². The minimum atomic E-state index is -0.587. The summed E-state index contributed by atoms with van der Waals surface area (Å²) in [6.45, 7) is 4.18. The van der Waals surface area contributed by atoms with Crippen molar-refractivity contribution in [1.82, 2.24) is 0 Å². The minimum absolute atomic E-state index is 0.0364. The summed E-state index contributed by atoms with van der Waals surface area (Å²) < 4.78 is 9.50. The van der Waals surface area contributed by atoms with Gasteiger partial charge in [-0.3, -0.25) is 5.11 Å². The van der Waals surface area contributed by atoms with Crippen LogP contribution in [0.4, 0.5) is 0 Å². The molecule has 0 saturated carbocycles. The number of rotatable bonds is 3. The Morgan fingerprint density at radius 1 is 1.62 bits per heavy atom. The van der Waals surface area contributed by atoms with Crippen LogP contribution >= 0.6 is 0 Å². The van der Waals surface area contributed by atoms with Crippen LogP contribution in [0.1, 0.15) is 24.4 Å². The van der Waals surface area contributed by atoms with Gasteiger partial charge in [0.25, 0.3) is 0 Å². The molecule has 0 amide bonds. The largest absolute Gasteiger partial charge is 0.460 e. The second kappa shape index (κ2) is 3.98. The molecule has 1 radical (unpaired) electrons. The summed E-state index contributed by atoms with van der Waals surface area (Å²) in [7, 11) is 0. The molecule has 0 aliphatic heterocycles. The molecule has 4 heteroatoms. The van der Waals surface area contributed by atoms with Gasteiger partial charge in [-0.2, -0.15) is 0 Å². The van der Waals surface area contributed by atoms with Gasteiger partial charge in [0, 0.05) is 6.07 Å². The lowest BCUT2D eigenvalue weighted by molar-refractivity contribution is 0.0423. The van der Waals surface area contributed by atoms with Gasteiger partial charge in [0.2, 0.25) is 11.5 Å². The predicted molar refractivity (Wildman–Crippen MR) is 44.0 cm³/mol. The summed E-state index contributed by atoms with van der Waals surface area (Å²) >= 11 is 0. The fraction of sp³-hybridized carbons (Fsp3) is 0.444. The molecule has 71 valence electrons. The molecule has 0 bridgehead atoms. The number of carbonyl (C=O) groups excluding carboxylic acids is 1. The number of ether oxygens (including phenoxy) is 1. The van der Waals surface area contributed by atoms with Crippen molar-refractivity contribution in [3.05, 3.63) is 18.1 Å². The molecule has 0 N–H and O–H groups in total. The number of esters is 1.